The zero-order valence-corrected chi connectivity index (χ0v) is 9.74. The molecule has 3 N–H and O–H groups in total. The SMILES string of the molecule is CC(=O)SCC#Cc1cnc(N)c(C(=O)O)n1. The van der Waals surface area contributed by atoms with Crippen LogP contribution in [0.15, 0.2) is 6.20 Å². The standard InChI is InChI=1S/C10H9N3O3S/c1-6(14)17-4-2-3-7-5-12-9(11)8(13-7)10(15)16/h5H,4H2,1H3,(H2,11,12)(H,15,16). The van der Waals surface area contributed by atoms with E-state index in [1.54, 1.807) is 0 Å². The number of rotatable bonds is 2. The summed E-state index contributed by atoms with van der Waals surface area (Å²) in [4.78, 5) is 28.7. The molecule has 0 saturated heterocycles. The number of nitrogen functional groups attached to an aromatic ring is 1. The van der Waals surface area contributed by atoms with E-state index in [2.05, 4.69) is 21.8 Å². The van der Waals surface area contributed by atoms with Gasteiger partial charge in [0, 0.05) is 6.92 Å². The van der Waals surface area contributed by atoms with Gasteiger partial charge in [-0.05, 0) is 5.92 Å². The van der Waals surface area contributed by atoms with Crippen LogP contribution in [0.1, 0.15) is 23.1 Å². The Morgan fingerprint density at radius 3 is 2.88 bits per heavy atom. The van der Waals surface area contributed by atoms with Gasteiger partial charge in [0.2, 0.25) is 0 Å². The van der Waals surface area contributed by atoms with Gasteiger partial charge in [-0.25, -0.2) is 14.8 Å². The van der Waals surface area contributed by atoms with Crippen LogP contribution in [0.3, 0.4) is 0 Å². The minimum absolute atomic E-state index is 0.0334. The Hall–Kier alpha value is -2.07. The minimum Gasteiger partial charge on any atom is -0.476 e. The van der Waals surface area contributed by atoms with Gasteiger partial charge >= 0.3 is 5.97 Å². The van der Waals surface area contributed by atoms with E-state index >= 15 is 0 Å². The summed E-state index contributed by atoms with van der Waals surface area (Å²) in [6.07, 6.45) is 1.28. The lowest BCUT2D eigenvalue weighted by atomic mass is 10.3. The molecule has 6 nitrogen and oxygen atoms in total. The monoisotopic (exact) mass is 251 g/mol. The lowest BCUT2D eigenvalue weighted by Crippen LogP contribution is -2.08. The van der Waals surface area contributed by atoms with Crippen molar-refractivity contribution >= 4 is 28.7 Å². The maximum Gasteiger partial charge on any atom is 0.358 e. The largest absolute Gasteiger partial charge is 0.476 e. The van der Waals surface area contributed by atoms with Gasteiger partial charge in [0.05, 0.1) is 11.9 Å². The molecule has 0 atom stereocenters. The molecule has 1 rings (SSSR count). The number of carbonyl (C=O) groups excluding carboxylic acids is 1. The van der Waals surface area contributed by atoms with Crippen molar-refractivity contribution in [3.05, 3.63) is 17.6 Å². The fourth-order valence-electron chi connectivity index (χ4n) is 0.880. The number of carboxylic acids is 1. The Labute approximate surface area is 102 Å². The van der Waals surface area contributed by atoms with Crippen LogP contribution in [0.2, 0.25) is 0 Å². The summed E-state index contributed by atoms with van der Waals surface area (Å²) in [5.41, 5.74) is 5.22. The lowest BCUT2D eigenvalue weighted by molar-refractivity contribution is -0.109. The Bertz CT molecular complexity index is 519. The second-order valence-electron chi connectivity index (χ2n) is 2.88. The molecule has 88 valence electrons. The number of aromatic nitrogens is 2. The second kappa shape index (κ2) is 5.86. The number of carboxylic acid groups (broad SMARTS) is 1. The number of aromatic carboxylic acids is 1. The van der Waals surface area contributed by atoms with Gasteiger partial charge in [0.1, 0.15) is 5.69 Å². The number of hydrogen-bond acceptors (Lipinski definition) is 6. The number of anilines is 1. The predicted octanol–water partition coefficient (Wildman–Crippen LogP) is 0.388. The number of carbonyl (C=O) groups is 2. The van der Waals surface area contributed by atoms with E-state index in [1.165, 1.54) is 13.1 Å². The second-order valence-corrected chi connectivity index (χ2v) is 4.03. The van der Waals surface area contributed by atoms with Crippen LogP contribution in [0, 0.1) is 11.8 Å². The van der Waals surface area contributed by atoms with Crippen molar-refractivity contribution < 1.29 is 14.7 Å². The topological polar surface area (TPSA) is 106 Å². The third-order valence-corrected chi connectivity index (χ3v) is 2.26. The van der Waals surface area contributed by atoms with E-state index in [-0.39, 0.29) is 22.3 Å². The molecule has 1 aromatic heterocycles. The van der Waals surface area contributed by atoms with Crippen molar-refractivity contribution in [1.29, 1.82) is 0 Å². The maximum absolute atomic E-state index is 10.7. The highest BCUT2D eigenvalue weighted by atomic mass is 32.2. The van der Waals surface area contributed by atoms with E-state index in [9.17, 15) is 9.59 Å². The highest BCUT2D eigenvalue weighted by molar-refractivity contribution is 8.13. The molecule has 0 fully saturated rings. The van der Waals surface area contributed by atoms with Crippen LogP contribution in [-0.2, 0) is 4.79 Å². The third kappa shape index (κ3) is 4.12. The summed E-state index contributed by atoms with van der Waals surface area (Å²) in [5.74, 6) is 4.20. The van der Waals surface area contributed by atoms with Gasteiger partial charge in [-0.1, -0.05) is 17.7 Å². The Morgan fingerprint density at radius 2 is 2.29 bits per heavy atom. The van der Waals surface area contributed by atoms with Crippen LogP contribution in [0.4, 0.5) is 5.82 Å². The average Bonchev–Trinajstić information content (AvgIpc) is 2.25. The summed E-state index contributed by atoms with van der Waals surface area (Å²) >= 11 is 1.06. The molecule has 17 heavy (non-hydrogen) atoms. The van der Waals surface area contributed by atoms with Gasteiger partial charge in [-0.15, -0.1) is 0 Å². The van der Waals surface area contributed by atoms with Gasteiger partial charge in [-0.2, -0.15) is 0 Å². The highest BCUT2D eigenvalue weighted by Crippen LogP contribution is 2.05. The van der Waals surface area contributed by atoms with Crippen LogP contribution >= 0.6 is 11.8 Å². The molecule has 0 spiro atoms. The fraction of sp³-hybridized carbons (Fsp3) is 0.200. The zero-order valence-electron chi connectivity index (χ0n) is 8.93. The molecule has 0 saturated carbocycles. The van der Waals surface area contributed by atoms with Crippen molar-refractivity contribution in [3.8, 4) is 11.8 Å². The summed E-state index contributed by atoms with van der Waals surface area (Å²) in [5, 5.41) is 8.72. The van der Waals surface area contributed by atoms with Crippen molar-refractivity contribution in [2.24, 2.45) is 0 Å². The Balaban J connectivity index is 2.82. The van der Waals surface area contributed by atoms with Crippen LogP contribution < -0.4 is 5.73 Å². The van der Waals surface area contributed by atoms with E-state index < -0.39 is 5.97 Å². The first-order valence-electron chi connectivity index (χ1n) is 4.48. The average molecular weight is 251 g/mol. The summed E-state index contributed by atoms with van der Waals surface area (Å²) < 4.78 is 0. The van der Waals surface area contributed by atoms with Crippen LogP contribution in [0.5, 0.6) is 0 Å². The first-order valence-corrected chi connectivity index (χ1v) is 5.47. The van der Waals surface area contributed by atoms with Crippen molar-refractivity contribution in [3.63, 3.8) is 0 Å². The molecule has 0 radical (unpaired) electrons. The molecule has 0 aliphatic heterocycles. The first-order chi connectivity index (χ1) is 8.00. The number of nitrogens with two attached hydrogens (primary N) is 1. The van der Waals surface area contributed by atoms with Crippen LogP contribution in [-0.4, -0.2) is 31.9 Å². The van der Waals surface area contributed by atoms with Gasteiger partial charge in [-0.3, -0.25) is 4.79 Å². The van der Waals surface area contributed by atoms with Gasteiger partial charge in [0.15, 0.2) is 16.6 Å². The number of thioether (sulfide) groups is 1. The molecular formula is C10H9N3O3S. The zero-order chi connectivity index (χ0) is 12.8. The molecule has 0 aromatic carbocycles. The smallest absolute Gasteiger partial charge is 0.358 e. The van der Waals surface area contributed by atoms with Crippen LogP contribution in [0.25, 0.3) is 0 Å². The van der Waals surface area contributed by atoms with Crippen molar-refractivity contribution in [1.82, 2.24) is 9.97 Å². The van der Waals surface area contributed by atoms with E-state index in [0.717, 1.165) is 11.8 Å². The first kappa shape index (κ1) is 13.0. The Kier molecular flexibility index (Phi) is 4.48. The minimum atomic E-state index is -1.25. The fourth-order valence-corrected chi connectivity index (χ4v) is 1.23. The van der Waals surface area contributed by atoms with Gasteiger partial charge < -0.3 is 10.8 Å². The summed E-state index contributed by atoms with van der Waals surface area (Å²) in [6.45, 7) is 1.44. The van der Waals surface area contributed by atoms with E-state index in [1.807, 2.05) is 0 Å². The number of nitrogens with zero attached hydrogens (tertiary/aromatic N) is 2. The molecule has 7 heteroatoms. The summed E-state index contributed by atoms with van der Waals surface area (Å²) in [7, 11) is 0. The van der Waals surface area contributed by atoms with Crippen molar-refractivity contribution in [2.45, 2.75) is 6.92 Å². The Morgan fingerprint density at radius 1 is 1.59 bits per heavy atom. The quantitative estimate of drug-likeness (QED) is 0.732. The molecule has 0 unspecified atom stereocenters. The molecular weight excluding hydrogens is 242 g/mol. The van der Waals surface area contributed by atoms with Gasteiger partial charge in [0.25, 0.3) is 0 Å². The third-order valence-electron chi connectivity index (χ3n) is 1.57. The maximum atomic E-state index is 10.7. The van der Waals surface area contributed by atoms with E-state index in [0.29, 0.717) is 5.75 Å². The molecule has 1 heterocycles. The van der Waals surface area contributed by atoms with Crippen molar-refractivity contribution in [2.75, 3.05) is 11.5 Å². The number of hydrogen-bond donors (Lipinski definition) is 2. The molecule has 0 bridgehead atoms. The molecule has 1 aromatic rings. The highest BCUT2D eigenvalue weighted by Gasteiger charge is 2.10. The lowest BCUT2D eigenvalue weighted by Gasteiger charge is -1.98. The van der Waals surface area contributed by atoms with E-state index in [4.69, 9.17) is 10.8 Å². The molecule has 0 amide bonds. The normalized spacial score (nSPS) is 9.24. The molecule has 0 aliphatic rings. The molecule has 0 aliphatic carbocycles. The summed E-state index contributed by atoms with van der Waals surface area (Å²) in [6, 6.07) is 0. The predicted molar refractivity (Wildman–Crippen MR) is 63.4 cm³/mol.